The van der Waals surface area contributed by atoms with Crippen molar-refractivity contribution in [2.24, 2.45) is 0 Å². The molecule has 4 rings (SSSR count). The van der Waals surface area contributed by atoms with Gasteiger partial charge in [0.1, 0.15) is 28.6 Å². The largest absolute Gasteiger partial charge is 0.492 e. The molecule has 0 radical (unpaired) electrons. The fourth-order valence-electron chi connectivity index (χ4n) is 2.75. The van der Waals surface area contributed by atoms with Crippen LogP contribution in [0.25, 0.3) is 21.5 Å². The Morgan fingerprint density at radius 3 is 2.96 bits per heavy atom. The first-order chi connectivity index (χ1) is 12.8. The lowest BCUT2D eigenvalue weighted by molar-refractivity contribution is 0.314. The van der Waals surface area contributed by atoms with Gasteiger partial charge in [-0.15, -0.1) is 11.3 Å². The van der Waals surface area contributed by atoms with Crippen molar-refractivity contribution in [3.63, 3.8) is 0 Å². The van der Waals surface area contributed by atoms with Crippen LogP contribution in [0.1, 0.15) is 5.56 Å². The SMILES string of the molecule is Fc1cccc(CNCCOc2ccccc2-c2noc3ccsc23)c1. The summed E-state index contributed by atoms with van der Waals surface area (Å²) in [4.78, 5) is 0. The molecule has 4 nitrogen and oxygen atoms in total. The number of nitrogens with one attached hydrogen (secondary N) is 1. The summed E-state index contributed by atoms with van der Waals surface area (Å²) >= 11 is 1.60. The average Bonchev–Trinajstić information content (AvgIpc) is 3.26. The zero-order valence-electron chi connectivity index (χ0n) is 13.9. The fourth-order valence-corrected chi connectivity index (χ4v) is 3.56. The normalized spacial score (nSPS) is 11.1. The molecule has 26 heavy (non-hydrogen) atoms. The molecule has 0 bridgehead atoms. The van der Waals surface area contributed by atoms with E-state index in [4.69, 9.17) is 9.26 Å². The molecule has 0 atom stereocenters. The highest BCUT2D eigenvalue weighted by atomic mass is 32.1. The highest BCUT2D eigenvalue weighted by Gasteiger charge is 2.15. The maximum atomic E-state index is 13.2. The molecule has 6 heteroatoms. The molecule has 0 fully saturated rings. The minimum atomic E-state index is -0.220. The van der Waals surface area contributed by atoms with Gasteiger partial charge in [0, 0.05) is 18.7 Å². The minimum Gasteiger partial charge on any atom is -0.492 e. The van der Waals surface area contributed by atoms with Crippen LogP contribution in [0.3, 0.4) is 0 Å². The van der Waals surface area contributed by atoms with Gasteiger partial charge in [-0.2, -0.15) is 0 Å². The summed E-state index contributed by atoms with van der Waals surface area (Å²) in [7, 11) is 0. The van der Waals surface area contributed by atoms with Crippen LogP contribution in [-0.2, 0) is 6.54 Å². The highest BCUT2D eigenvalue weighted by Crippen LogP contribution is 2.36. The van der Waals surface area contributed by atoms with Gasteiger partial charge in [0.25, 0.3) is 0 Å². The number of halogens is 1. The lowest BCUT2D eigenvalue weighted by atomic mass is 10.1. The van der Waals surface area contributed by atoms with Crippen molar-refractivity contribution < 1.29 is 13.7 Å². The van der Waals surface area contributed by atoms with Crippen LogP contribution in [0, 0.1) is 5.82 Å². The van der Waals surface area contributed by atoms with Crippen molar-refractivity contribution in [3.8, 4) is 17.0 Å². The van der Waals surface area contributed by atoms with E-state index in [1.54, 1.807) is 17.4 Å². The molecule has 0 saturated heterocycles. The third-order valence-corrected chi connectivity index (χ3v) is 4.88. The molecule has 132 valence electrons. The first kappa shape index (κ1) is 16.8. The summed E-state index contributed by atoms with van der Waals surface area (Å²) in [5.41, 5.74) is 3.42. The molecular weight excluding hydrogens is 351 g/mol. The Labute approximate surface area is 154 Å². The molecule has 0 unspecified atom stereocenters. The number of ether oxygens (including phenoxy) is 1. The van der Waals surface area contributed by atoms with Crippen molar-refractivity contribution in [2.75, 3.05) is 13.2 Å². The number of thiophene rings is 1. The molecule has 2 heterocycles. The number of hydrogen-bond acceptors (Lipinski definition) is 5. The molecule has 0 spiro atoms. The number of aromatic nitrogens is 1. The third-order valence-electron chi connectivity index (χ3n) is 3.98. The van der Waals surface area contributed by atoms with Gasteiger partial charge < -0.3 is 14.6 Å². The first-order valence-corrected chi connectivity index (χ1v) is 9.19. The summed E-state index contributed by atoms with van der Waals surface area (Å²) in [5, 5.41) is 9.42. The Balaban J connectivity index is 1.38. The monoisotopic (exact) mass is 368 g/mol. The predicted molar refractivity (Wildman–Crippen MR) is 101 cm³/mol. The second kappa shape index (κ2) is 7.68. The van der Waals surface area contributed by atoms with Crippen molar-refractivity contribution in [3.05, 3.63) is 71.4 Å². The van der Waals surface area contributed by atoms with Gasteiger partial charge in [0.05, 0.1) is 0 Å². The van der Waals surface area contributed by atoms with Crippen LogP contribution in [0.5, 0.6) is 5.75 Å². The quantitative estimate of drug-likeness (QED) is 0.473. The van der Waals surface area contributed by atoms with Crippen LogP contribution in [0.2, 0.25) is 0 Å². The smallest absolute Gasteiger partial charge is 0.178 e. The van der Waals surface area contributed by atoms with Crippen molar-refractivity contribution in [1.29, 1.82) is 0 Å². The molecule has 0 amide bonds. The zero-order valence-corrected chi connectivity index (χ0v) is 14.8. The molecule has 1 N–H and O–H groups in total. The summed E-state index contributed by atoms with van der Waals surface area (Å²) < 4.78 is 25.5. The van der Waals surface area contributed by atoms with E-state index in [1.807, 2.05) is 41.8 Å². The highest BCUT2D eigenvalue weighted by molar-refractivity contribution is 7.17. The van der Waals surface area contributed by atoms with Gasteiger partial charge in [-0.25, -0.2) is 4.39 Å². The van der Waals surface area contributed by atoms with Crippen LogP contribution in [0.4, 0.5) is 4.39 Å². The topological polar surface area (TPSA) is 47.3 Å². The number of nitrogens with zero attached hydrogens (tertiary/aromatic N) is 1. The molecule has 2 aromatic heterocycles. The van der Waals surface area contributed by atoms with E-state index >= 15 is 0 Å². The van der Waals surface area contributed by atoms with Gasteiger partial charge >= 0.3 is 0 Å². The van der Waals surface area contributed by atoms with E-state index in [-0.39, 0.29) is 5.82 Å². The average molecular weight is 368 g/mol. The van der Waals surface area contributed by atoms with Crippen molar-refractivity contribution in [1.82, 2.24) is 10.5 Å². The van der Waals surface area contributed by atoms with E-state index in [0.717, 1.165) is 32.9 Å². The van der Waals surface area contributed by atoms with Crippen LogP contribution in [0.15, 0.2) is 64.5 Å². The van der Waals surface area contributed by atoms with Crippen LogP contribution < -0.4 is 10.1 Å². The molecule has 0 saturated carbocycles. The standard InChI is InChI=1S/C20H17FN2O2S/c21-15-5-3-4-14(12-15)13-22-9-10-24-17-7-2-1-6-16(17)19-20-18(25-23-19)8-11-26-20/h1-8,11-12,22H,9-10,13H2. The summed E-state index contributed by atoms with van der Waals surface area (Å²) in [6.45, 7) is 1.75. The van der Waals surface area contributed by atoms with E-state index in [1.165, 1.54) is 12.1 Å². The molecule has 0 aliphatic carbocycles. The summed E-state index contributed by atoms with van der Waals surface area (Å²) in [6.07, 6.45) is 0. The maximum absolute atomic E-state index is 13.2. The van der Waals surface area contributed by atoms with E-state index in [0.29, 0.717) is 19.7 Å². The second-order valence-electron chi connectivity index (χ2n) is 5.80. The minimum absolute atomic E-state index is 0.220. The number of hydrogen-bond donors (Lipinski definition) is 1. The number of benzene rings is 2. The van der Waals surface area contributed by atoms with Gasteiger partial charge in [-0.3, -0.25) is 0 Å². The Bertz CT molecular complexity index is 1010. The van der Waals surface area contributed by atoms with Crippen molar-refractivity contribution >= 4 is 21.6 Å². The summed E-state index contributed by atoms with van der Waals surface area (Å²) in [5.74, 6) is 0.547. The van der Waals surface area contributed by atoms with Gasteiger partial charge in [-0.05, 0) is 41.3 Å². The Morgan fingerprint density at radius 1 is 1.12 bits per heavy atom. The third kappa shape index (κ3) is 3.61. The lowest BCUT2D eigenvalue weighted by Gasteiger charge is -2.10. The number of para-hydroxylation sites is 1. The van der Waals surface area contributed by atoms with E-state index in [9.17, 15) is 4.39 Å². The Hall–Kier alpha value is -2.70. The van der Waals surface area contributed by atoms with Gasteiger partial charge in [-0.1, -0.05) is 29.4 Å². The van der Waals surface area contributed by atoms with Gasteiger partial charge in [0.2, 0.25) is 0 Å². The Kier molecular flexibility index (Phi) is 4.95. The molecule has 2 aromatic carbocycles. The van der Waals surface area contributed by atoms with Crippen LogP contribution in [-0.4, -0.2) is 18.3 Å². The van der Waals surface area contributed by atoms with Crippen molar-refractivity contribution in [2.45, 2.75) is 6.54 Å². The van der Waals surface area contributed by atoms with E-state index < -0.39 is 0 Å². The molecule has 4 aromatic rings. The number of rotatable bonds is 7. The van der Waals surface area contributed by atoms with E-state index in [2.05, 4.69) is 10.5 Å². The lowest BCUT2D eigenvalue weighted by Crippen LogP contribution is -2.20. The van der Waals surface area contributed by atoms with Crippen LogP contribution >= 0.6 is 11.3 Å². The second-order valence-corrected chi connectivity index (χ2v) is 6.71. The Morgan fingerprint density at radius 2 is 2.04 bits per heavy atom. The molecular formula is C20H17FN2O2S. The fraction of sp³-hybridized carbons (Fsp3) is 0.150. The zero-order chi connectivity index (χ0) is 17.8. The summed E-state index contributed by atoms with van der Waals surface area (Å²) in [6, 6.07) is 16.3. The van der Waals surface area contributed by atoms with Gasteiger partial charge in [0.15, 0.2) is 5.58 Å². The first-order valence-electron chi connectivity index (χ1n) is 8.31. The maximum Gasteiger partial charge on any atom is 0.178 e. The number of fused-ring (bicyclic) bond motifs is 1. The molecule has 0 aliphatic rings. The molecule has 0 aliphatic heterocycles. The predicted octanol–water partition coefficient (Wildman–Crippen LogP) is 4.86.